The maximum Gasteiger partial charge on any atom is 0.406 e. The van der Waals surface area contributed by atoms with Crippen molar-refractivity contribution in [2.75, 3.05) is 0 Å². The molecule has 0 saturated carbocycles. The average molecular weight is 418 g/mol. The number of nitrogens with zero attached hydrogens (tertiary/aromatic N) is 2. The number of rotatable bonds is 5. The summed E-state index contributed by atoms with van der Waals surface area (Å²) in [7, 11) is 0. The molecule has 1 N–H and O–H groups in total. The first kappa shape index (κ1) is 17.0. The lowest BCUT2D eigenvalue weighted by atomic mass is 10.2. The molecule has 3 aromatic rings. The molecular formula is C15H11BrF3N3OS. The second-order valence-electron chi connectivity index (χ2n) is 5.03. The summed E-state index contributed by atoms with van der Waals surface area (Å²) < 4.78 is 41.0. The van der Waals surface area contributed by atoms with Gasteiger partial charge in [0.2, 0.25) is 6.41 Å². The molecule has 0 aliphatic carbocycles. The summed E-state index contributed by atoms with van der Waals surface area (Å²) in [5.74, 6) is 0. The molecule has 0 fully saturated rings. The van der Waals surface area contributed by atoms with Gasteiger partial charge in [-0.2, -0.15) is 13.2 Å². The van der Waals surface area contributed by atoms with Crippen molar-refractivity contribution in [1.82, 2.24) is 14.9 Å². The van der Waals surface area contributed by atoms with Crippen molar-refractivity contribution in [3.8, 4) is 10.7 Å². The minimum Gasteiger partial charge on any atom is -0.354 e. The first-order valence-corrected chi connectivity index (χ1v) is 8.46. The summed E-state index contributed by atoms with van der Waals surface area (Å²) >= 11 is 4.63. The number of alkyl halides is 3. The molecule has 0 bridgehead atoms. The van der Waals surface area contributed by atoms with Crippen molar-refractivity contribution in [3.05, 3.63) is 39.8 Å². The van der Waals surface area contributed by atoms with Gasteiger partial charge in [0, 0.05) is 20.9 Å². The van der Waals surface area contributed by atoms with E-state index in [1.54, 1.807) is 30.5 Å². The van der Waals surface area contributed by atoms with E-state index in [2.05, 4.69) is 26.2 Å². The highest BCUT2D eigenvalue weighted by molar-refractivity contribution is 9.10. The molecule has 4 nitrogen and oxygen atoms in total. The maximum atomic E-state index is 13.0. The maximum absolute atomic E-state index is 13.0. The Labute approximate surface area is 147 Å². The van der Waals surface area contributed by atoms with E-state index >= 15 is 0 Å². The van der Waals surface area contributed by atoms with Crippen LogP contribution in [0.1, 0.15) is 4.88 Å². The molecule has 9 heteroatoms. The third-order valence-electron chi connectivity index (χ3n) is 3.36. The predicted octanol–water partition coefficient (Wildman–Crippen LogP) is 4.34. The van der Waals surface area contributed by atoms with Gasteiger partial charge in [-0.15, -0.1) is 11.3 Å². The standard InChI is InChI=1S/C15H11BrF3N3OS/c16-11-2-1-3-12-10(11)4-13(22(12)7-15(17,18)19)14-21-6-9(24-14)5-20-8-23/h1-4,6,8H,5,7H2,(H,20,23). The molecule has 3 rings (SSSR count). The van der Waals surface area contributed by atoms with Crippen LogP contribution in [0.25, 0.3) is 21.6 Å². The van der Waals surface area contributed by atoms with Gasteiger partial charge in [-0.1, -0.05) is 22.0 Å². The van der Waals surface area contributed by atoms with Crippen LogP contribution in [0.5, 0.6) is 0 Å². The van der Waals surface area contributed by atoms with Crippen LogP contribution < -0.4 is 5.32 Å². The Morgan fingerprint density at radius 1 is 1.38 bits per heavy atom. The molecule has 2 heterocycles. The largest absolute Gasteiger partial charge is 0.406 e. The van der Waals surface area contributed by atoms with Crippen LogP contribution in [-0.2, 0) is 17.9 Å². The number of carbonyl (C=O) groups excluding carboxylic acids is 1. The third kappa shape index (κ3) is 3.46. The molecule has 0 aliphatic heterocycles. The Morgan fingerprint density at radius 2 is 2.17 bits per heavy atom. The van der Waals surface area contributed by atoms with Crippen molar-refractivity contribution in [1.29, 1.82) is 0 Å². The van der Waals surface area contributed by atoms with Crippen LogP contribution in [0.4, 0.5) is 13.2 Å². The molecule has 2 aromatic heterocycles. The van der Waals surface area contributed by atoms with Gasteiger partial charge < -0.3 is 9.88 Å². The fourth-order valence-electron chi connectivity index (χ4n) is 2.43. The fourth-order valence-corrected chi connectivity index (χ4v) is 3.78. The average Bonchev–Trinajstić information content (AvgIpc) is 3.10. The quantitative estimate of drug-likeness (QED) is 0.627. The van der Waals surface area contributed by atoms with Gasteiger partial charge in [-0.25, -0.2) is 4.98 Å². The summed E-state index contributed by atoms with van der Waals surface area (Å²) in [4.78, 5) is 15.3. The lowest BCUT2D eigenvalue weighted by Crippen LogP contribution is -2.18. The van der Waals surface area contributed by atoms with E-state index in [4.69, 9.17) is 0 Å². The Bertz CT molecular complexity index is 888. The van der Waals surface area contributed by atoms with E-state index in [0.717, 1.165) is 9.35 Å². The topological polar surface area (TPSA) is 46.9 Å². The Morgan fingerprint density at radius 3 is 2.88 bits per heavy atom. The highest BCUT2D eigenvalue weighted by Gasteiger charge is 2.30. The van der Waals surface area contributed by atoms with Crippen LogP contribution in [0.3, 0.4) is 0 Å². The number of hydrogen-bond acceptors (Lipinski definition) is 3. The molecule has 0 spiro atoms. The van der Waals surface area contributed by atoms with Crippen molar-refractivity contribution in [2.45, 2.75) is 19.3 Å². The summed E-state index contributed by atoms with van der Waals surface area (Å²) in [6, 6.07) is 6.83. The Hall–Kier alpha value is -1.87. The second kappa shape index (κ2) is 6.56. The van der Waals surface area contributed by atoms with Gasteiger partial charge in [0.15, 0.2) is 0 Å². The Balaban J connectivity index is 2.12. The van der Waals surface area contributed by atoms with E-state index in [0.29, 0.717) is 34.6 Å². The molecule has 126 valence electrons. The molecule has 1 amide bonds. The fraction of sp³-hybridized carbons (Fsp3) is 0.200. The zero-order chi connectivity index (χ0) is 17.3. The van der Waals surface area contributed by atoms with E-state index in [1.807, 2.05) is 0 Å². The normalized spacial score (nSPS) is 11.8. The second-order valence-corrected chi connectivity index (χ2v) is 7.00. The molecule has 1 aromatic carbocycles. The van der Waals surface area contributed by atoms with Crippen molar-refractivity contribution in [2.24, 2.45) is 0 Å². The highest BCUT2D eigenvalue weighted by Crippen LogP contribution is 2.36. The number of carbonyl (C=O) groups is 1. The Kier molecular flexibility index (Phi) is 4.64. The lowest BCUT2D eigenvalue weighted by molar-refractivity contribution is -0.139. The molecule has 0 saturated heterocycles. The van der Waals surface area contributed by atoms with E-state index in [9.17, 15) is 18.0 Å². The lowest BCUT2D eigenvalue weighted by Gasteiger charge is -2.12. The molecular weight excluding hydrogens is 407 g/mol. The number of thiazole rings is 1. The number of aromatic nitrogens is 2. The van der Waals surface area contributed by atoms with Gasteiger partial charge in [-0.05, 0) is 18.2 Å². The monoisotopic (exact) mass is 417 g/mol. The highest BCUT2D eigenvalue weighted by atomic mass is 79.9. The zero-order valence-corrected chi connectivity index (χ0v) is 14.5. The van der Waals surface area contributed by atoms with Crippen LogP contribution >= 0.6 is 27.3 Å². The van der Waals surface area contributed by atoms with Crippen molar-refractivity contribution >= 4 is 44.6 Å². The summed E-state index contributed by atoms with van der Waals surface area (Å²) in [5.41, 5.74) is 0.885. The third-order valence-corrected chi connectivity index (χ3v) is 5.07. The van der Waals surface area contributed by atoms with Crippen LogP contribution in [-0.4, -0.2) is 22.1 Å². The van der Waals surface area contributed by atoms with E-state index in [1.165, 1.54) is 15.9 Å². The minimum absolute atomic E-state index is 0.296. The first-order chi connectivity index (χ1) is 11.4. The SMILES string of the molecule is O=CNCc1cnc(-c2cc3c(Br)cccc3n2CC(F)(F)F)s1. The number of halogens is 4. The van der Waals surface area contributed by atoms with Gasteiger partial charge in [0.1, 0.15) is 11.6 Å². The molecule has 24 heavy (non-hydrogen) atoms. The van der Waals surface area contributed by atoms with Gasteiger partial charge in [0.05, 0.1) is 17.8 Å². The minimum atomic E-state index is -4.35. The molecule has 0 unspecified atom stereocenters. The summed E-state index contributed by atoms with van der Waals surface area (Å²) in [5, 5.41) is 3.68. The van der Waals surface area contributed by atoms with Gasteiger partial charge in [-0.3, -0.25) is 4.79 Å². The van der Waals surface area contributed by atoms with E-state index in [-0.39, 0.29) is 0 Å². The van der Waals surface area contributed by atoms with Gasteiger partial charge >= 0.3 is 6.18 Å². The molecule has 0 aliphatic rings. The van der Waals surface area contributed by atoms with Gasteiger partial charge in [0.25, 0.3) is 0 Å². The van der Waals surface area contributed by atoms with Crippen molar-refractivity contribution in [3.63, 3.8) is 0 Å². The number of amides is 1. The number of nitrogens with one attached hydrogen (secondary N) is 1. The van der Waals surface area contributed by atoms with E-state index < -0.39 is 12.7 Å². The zero-order valence-electron chi connectivity index (χ0n) is 12.1. The molecule has 0 radical (unpaired) electrons. The number of fused-ring (bicyclic) bond motifs is 1. The smallest absolute Gasteiger partial charge is 0.354 e. The van der Waals surface area contributed by atoms with Crippen LogP contribution in [0.2, 0.25) is 0 Å². The molecule has 0 atom stereocenters. The van der Waals surface area contributed by atoms with Crippen LogP contribution in [0.15, 0.2) is 34.9 Å². The predicted molar refractivity (Wildman–Crippen MR) is 89.7 cm³/mol. The number of benzene rings is 1. The summed E-state index contributed by atoms with van der Waals surface area (Å²) in [6.45, 7) is -0.797. The van der Waals surface area contributed by atoms with Crippen molar-refractivity contribution < 1.29 is 18.0 Å². The number of hydrogen-bond donors (Lipinski definition) is 1. The van der Waals surface area contributed by atoms with Crippen LogP contribution in [0, 0.1) is 0 Å². The first-order valence-electron chi connectivity index (χ1n) is 6.85. The summed E-state index contributed by atoms with van der Waals surface area (Å²) in [6.07, 6.45) is -2.22.